The third-order valence-electron chi connectivity index (χ3n) is 4.48. The normalized spacial score (nSPS) is 18.9. The number of rotatable bonds is 3. The number of nitrogens with zero attached hydrogens (tertiary/aromatic N) is 3. The van der Waals surface area contributed by atoms with Gasteiger partial charge in [-0.15, -0.1) is 0 Å². The third kappa shape index (κ3) is 5.07. The van der Waals surface area contributed by atoms with Crippen molar-refractivity contribution in [1.82, 2.24) is 14.7 Å². The fourth-order valence-electron chi connectivity index (χ4n) is 2.95. The minimum Gasteiger partial charge on any atom is -0.378 e. The molecule has 0 bridgehead atoms. The maximum Gasteiger partial charge on any atom is 0.321 e. The van der Waals surface area contributed by atoms with Crippen molar-refractivity contribution < 1.29 is 14.3 Å². The standard InChI is InChI=1S/C17H23ClN4O3/c18-14-1-3-15(4-2-14)19-17(24)22-7-5-20(6-8-22)13-16(23)21-9-11-25-12-10-21/h1-4H,5-13H2,(H,19,24). The van der Waals surface area contributed by atoms with Crippen molar-refractivity contribution >= 4 is 29.2 Å². The van der Waals surface area contributed by atoms with E-state index in [1.165, 1.54) is 0 Å². The molecule has 7 nitrogen and oxygen atoms in total. The molecule has 3 rings (SSSR count). The van der Waals surface area contributed by atoms with Gasteiger partial charge in [0.1, 0.15) is 0 Å². The van der Waals surface area contributed by atoms with Crippen LogP contribution in [0.1, 0.15) is 0 Å². The second-order valence-electron chi connectivity index (χ2n) is 6.19. The smallest absolute Gasteiger partial charge is 0.321 e. The number of anilines is 1. The second-order valence-corrected chi connectivity index (χ2v) is 6.63. The molecule has 3 amide bonds. The molecule has 0 unspecified atom stereocenters. The number of carbonyl (C=O) groups excluding carboxylic acids is 2. The summed E-state index contributed by atoms with van der Waals surface area (Å²) in [5.41, 5.74) is 0.722. The van der Waals surface area contributed by atoms with E-state index in [1.807, 2.05) is 4.90 Å². The van der Waals surface area contributed by atoms with E-state index >= 15 is 0 Å². The molecule has 1 N–H and O–H groups in total. The molecule has 25 heavy (non-hydrogen) atoms. The molecule has 2 saturated heterocycles. The summed E-state index contributed by atoms with van der Waals surface area (Å²) in [5.74, 6) is 0.141. The van der Waals surface area contributed by atoms with E-state index < -0.39 is 0 Å². The van der Waals surface area contributed by atoms with Crippen LogP contribution in [0.5, 0.6) is 0 Å². The van der Waals surface area contributed by atoms with E-state index in [0.29, 0.717) is 64.0 Å². The highest BCUT2D eigenvalue weighted by atomic mass is 35.5. The average molecular weight is 367 g/mol. The van der Waals surface area contributed by atoms with Crippen molar-refractivity contribution in [3.63, 3.8) is 0 Å². The van der Waals surface area contributed by atoms with Crippen LogP contribution in [-0.4, -0.2) is 85.7 Å². The average Bonchev–Trinajstić information content (AvgIpc) is 2.65. The van der Waals surface area contributed by atoms with Gasteiger partial charge in [-0.25, -0.2) is 4.79 Å². The van der Waals surface area contributed by atoms with Crippen LogP contribution in [0.2, 0.25) is 5.02 Å². The zero-order chi connectivity index (χ0) is 17.6. The van der Waals surface area contributed by atoms with Crippen molar-refractivity contribution in [2.45, 2.75) is 0 Å². The molecule has 0 radical (unpaired) electrons. The maximum atomic E-state index is 12.3. The maximum absolute atomic E-state index is 12.3. The zero-order valence-electron chi connectivity index (χ0n) is 14.1. The van der Waals surface area contributed by atoms with Crippen LogP contribution in [0.15, 0.2) is 24.3 Å². The Bertz CT molecular complexity index is 596. The van der Waals surface area contributed by atoms with Crippen molar-refractivity contribution in [3.05, 3.63) is 29.3 Å². The number of ether oxygens (including phenoxy) is 1. The van der Waals surface area contributed by atoms with Gasteiger partial charge in [0.15, 0.2) is 0 Å². The van der Waals surface area contributed by atoms with E-state index in [-0.39, 0.29) is 11.9 Å². The fourth-order valence-corrected chi connectivity index (χ4v) is 3.07. The number of urea groups is 1. The molecule has 2 fully saturated rings. The summed E-state index contributed by atoms with van der Waals surface area (Å²) >= 11 is 5.84. The fraction of sp³-hybridized carbons (Fsp3) is 0.529. The van der Waals surface area contributed by atoms with Gasteiger partial charge in [-0.05, 0) is 24.3 Å². The summed E-state index contributed by atoms with van der Waals surface area (Å²) in [6.07, 6.45) is 0. The predicted octanol–water partition coefficient (Wildman–Crippen LogP) is 1.35. The van der Waals surface area contributed by atoms with Crippen LogP contribution in [0.25, 0.3) is 0 Å². The Kier molecular flexibility index (Phi) is 6.12. The summed E-state index contributed by atoms with van der Waals surface area (Å²) in [5, 5.41) is 3.50. The highest BCUT2D eigenvalue weighted by molar-refractivity contribution is 6.30. The second kappa shape index (κ2) is 8.51. The number of benzene rings is 1. The molecule has 8 heteroatoms. The first-order valence-corrected chi connectivity index (χ1v) is 8.89. The largest absolute Gasteiger partial charge is 0.378 e. The van der Waals surface area contributed by atoms with Crippen molar-refractivity contribution in [2.75, 3.05) is 64.3 Å². The van der Waals surface area contributed by atoms with Crippen LogP contribution in [0.3, 0.4) is 0 Å². The molecule has 0 saturated carbocycles. The zero-order valence-corrected chi connectivity index (χ0v) is 14.9. The highest BCUT2D eigenvalue weighted by Crippen LogP contribution is 2.14. The minimum absolute atomic E-state index is 0.124. The van der Waals surface area contributed by atoms with Gasteiger partial charge in [-0.3, -0.25) is 9.69 Å². The molecular formula is C17H23ClN4O3. The summed E-state index contributed by atoms with van der Waals surface area (Å²) in [4.78, 5) is 30.3. The lowest BCUT2D eigenvalue weighted by atomic mass is 10.3. The van der Waals surface area contributed by atoms with E-state index in [2.05, 4.69) is 10.2 Å². The van der Waals surface area contributed by atoms with E-state index in [4.69, 9.17) is 16.3 Å². The molecule has 2 aliphatic rings. The van der Waals surface area contributed by atoms with Crippen LogP contribution in [-0.2, 0) is 9.53 Å². The monoisotopic (exact) mass is 366 g/mol. The number of carbonyl (C=O) groups is 2. The quantitative estimate of drug-likeness (QED) is 0.877. The van der Waals surface area contributed by atoms with E-state index in [9.17, 15) is 9.59 Å². The van der Waals surface area contributed by atoms with Gasteiger partial charge in [0.25, 0.3) is 0 Å². The Morgan fingerprint density at radius 3 is 2.24 bits per heavy atom. The van der Waals surface area contributed by atoms with Gasteiger partial charge in [0.05, 0.1) is 19.8 Å². The summed E-state index contributed by atoms with van der Waals surface area (Å²) in [6, 6.07) is 6.91. The number of nitrogens with one attached hydrogen (secondary N) is 1. The van der Waals surface area contributed by atoms with Crippen LogP contribution >= 0.6 is 11.6 Å². The lowest BCUT2D eigenvalue weighted by molar-refractivity contribution is -0.136. The van der Waals surface area contributed by atoms with Crippen molar-refractivity contribution in [1.29, 1.82) is 0 Å². The number of hydrogen-bond donors (Lipinski definition) is 1. The summed E-state index contributed by atoms with van der Waals surface area (Å²) in [7, 11) is 0. The summed E-state index contributed by atoms with van der Waals surface area (Å²) in [6.45, 7) is 5.59. The minimum atomic E-state index is -0.124. The number of piperazine rings is 1. The van der Waals surface area contributed by atoms with Gasteiger partial charge in [0.2, 0.25) is 5.91 Å². The van der Waals surface area contributed by atoms with Crippen LogP contribution < -0.4 is 5.32 Å². The van der Waals surface area contributed by atoms with Gasteiger partial charge >= 0.3 is 6.03 Å². The number of amides is 3. The molecule has 0 aliphatic carbocycles. The van der Waals surface area contributed by atoms with Crippen molar-refractivity contribution in [3.8, 4) is 0 Å². The lowest BCUT2D eigenvalue weighted by Crippen LogP contribution is -2.53. The first kappa shape index (κ1) is 18.0. The van der Waals surface area contributed by atoms with Crippen LogP contribution in [0, 0.1) is 0 Å². The van der Waals surface area contributed by atoms with Gasteiger partial charge < -0.3 is 19.9 Å². The molecule has 2 aliphatic heterocycles. The Labute approximate surface area is 152 Å². The van der Waals surface area contributed by atoms with Gasteiger partial charge in [-0.2, -0.15) is 0 Å². The molecule has 136 valence electrons. The molecule has 1 aromatic rings. The highest BCUT2D eigenvalue weighted by Gasteiger charge is 2.24. The van der Waals surface area contributed by atoms with Gasteiger partial charge in [-0.1, -0.05) is 11.6 Å². The molecule has 0 aromatic heterocycles. The summed E-state index contributed by atoms with van der Waals surface area (Å²) < 4.78 is 5.27. The molecule has 0 spiro atoms. The molecule has 2 heterocycles. The first-order chi connectivity index (χ1) is 12.1. The topological polar surface area (TPSA) is 65.1 Å². The van der Waals surface area contributed by atoms with E-state index in [0.717, 1.165) is 5.69 Å². The molecule has 0 atom stereocenters. The Hall–Kier alpha value is -1.83. The van der Waals surface area contributed by atoms with Crippen LogP contribution in [0.4, 0.5) is 10.5 Å². The third-order valence-corrected chi connectivity index (χ3v) is 4.73. The molecular weight excluding hydrogens is 344 g/mol. The van der Waals surface area contributed by atoms with E-state index in [1.54, 1.807) is 29.2 Å². The number of hydrogen-bond acceptors (Lipinski definition) is 4. The first-order valence-electron chi connectivity index (χ1n) is 8.51. The van der Waals surface area contributed by atoms with Crippen molar-refractivity contribution in [2.24, 2.45) is 0 Å². The molecule has 1 aromatic carbocycles. The lowest BCUT2D eigenvalue weighted by Gasteiger charge is -2.36. The number of morpholine rings is 1. The SMILES string of the molecule is O=C(CN1CCN(C(=O)Nc2ccc(Cl)cc2)CC1)N1CCOCC1. The Balaban J connectivity index is 1.42. The number of halogens is 1. The Morgan fingerprint density at radius 1 is 0.960 bits per heavy atom. The predicted molar refractivity (Wildman–Crippen MR) is 95.9 cm³/mol. The Morgan fingerprint density at radius 2 is 1.60 bits per heavy atom. The van der Waals surface area contributed by atoms with Gasteiger partial charge in [0, 0.05) is 50.0 Å².